The van der Waals surface area contributed by atoms with Crippen LogP contribution in [-0.4, -0.2) is 42.4 Å². The molecule has 35 heavy (non-hydrogen) atoms. The Morgan fingerprint density at radius 1 is 1.06 bits per heavy atom. The molecular weight excluding hydrogens is 465 g/mol. The molecule has 1 saturated heterocycles. The fourth-order valence-electron chi connectivity index (χ4n) is 3.95. The van der Waals surface area contributed by atoms with Crippen molar-refractivity contribution in [1.29, 1.82) is 0 Å². The number of hydrogen-bond acceptors (Lipinski definition) is 5. The monoisotopic (exact) mass is 488 g/mol. The molecule has 1 aliphatic heterocycles. The summed E-state index contributed by atoms with van der Waals surface area (Å²) in [7, 11) is 2.99. The van der Waals surface area contributed by atoms with Crippen molar-refractivity contribution in [2.45, 2.75) is 19.5 Å². The summed E-state index contributed by atoms with van der Waals surface area (Å²) in [5.74, 6) is -0.166. The molecule has 1 aromatic heterocycles. The molecule has 1 atom stereocenters. The van der Waals surface area contributed by atoms with Gasteiger partial charge in [0.05, 0.1) is 37.1 Å². The molecule has 0 bridgehead atoms. The number of amides is 2. The Kier molecular flexibility index (Phi) is 6.42. The van der Waals surface area contributed by atoms with Gasteiger partial charge in [-0.3, -0.25) is 9.59 Å². The van der Waals surface area contributed by atoms with Gasteiger partial charge in [0.2, 0.25) is 11.8 Å². The van der Waals surface area contributed by atoms with Gasteiger partial charge in [0.1, 0.15) is 5.82 Å². The molecule has 4 rings (SSSR count). The zero-order chi connectivity index (χ0) is 25.3. The lowest BCUT2D eigenvalue weighted by Crippen LogP contribution is -2.28. The number of alkyl halides is 3. The SMILES string of the molecule is COc1ccc(N2CC(C(=O)Nc3cc(C)nn3-c3cccc(C(F)(F)F)c3)CC2=O)cc1OC. The number of hydrogen-bond donors (Lipinski definition) is 1. The van der Waals surface area contributed by atoms with Crippen LogP contribution in [0.4, 0.5) is 24.7 Å². The predicted octanol–water partition coefficient (Wildman–Crippen LogP) is 4.21. The van der Waals surface area contributed by atoms with Gasteiger partial charge in [-0.25, -0.2) is 4.68 Å². The number of aryl methyl sites for hydroxylation is 1. The van der Waals surface area contributed by atoms with Gasteiger partial charge in [-0.15, -0.1) is 0 Å². The lowest BCUT2D eigenvalue weighted by atomic mass is 10.1. The summed E-state index contributed by atoms with van der Waals surface area (Å²) in [5.41, 5.74) is 0.394. The summed E-state index contributed by atoms with van der Waals surface area (Å²) in [6.45, 7) is 1.80. The van der Waals surface area contributed by atoms with Crippen LogP contribution in [0.5, 0.6) is 11.5 Å². The van der Waals surface area contributed by atoms with Crippen LogP contribution in [0.3, 0.4) is 0 Å². The number of anilines is 2. The molecule has 1 fully saturated rings. The van der Waals surface area contributed by atoms with Crippen LogP contribution in [0.2, 0.25) is 0 Å². The fourth-order valence-corrected chi connectivity index (χ4v) is 3.95. The van der Waals surface area contributed by atoms with E-state index in [9.17, 15) is 22.8 Å². The van der Waals surface area contributed by atoms with Gasteiger partial charge < -0.3 is 19.7 Å². The highest BCUT2D eigenvalue weighted by molar-refractivity contribution is 6.03. The van der Waals surface area contributed by atoms with Gasteiger partial charge in [0.25, 0.3) is 0 Å². The second kappa shape index (κ2) is 9.32. The van der Waals surface area contributed by atoms with E-state index in [-0.39, 0.29) is 30.4 Å². The third-order valence-electron chi connectivity index (χ3n) is 5.68. The molecule has 2 aromatic carbocycles. The van der Waals surface area contributed by atoms with Gasteiger partial charge in [0, 0.05) is 30.8 Å². The van der Waals surface area contributed by atoms with Crippen molar-refractivity contribution in [3.05, 3.63) is 59.8 Å². The maximum Gasteiger partial charge on any atom is 0.416 e. The van der Waals surface area contributed by atoms with Gasteiger partial charge in [-0.2, -0.15) is 18.3 Å². The first-order valence-electron chi connectivity index (χ1n) is 10.7. The van der Waals surface area contributed by atoms with E-state index in [4.69, 9.17) is 9.47 Å². The predicted molar refractivity (Wildman–Crippen MR) is 122 cm³/mol. The van der Waals surface area contributed by atoms with E-state index in [1.54, 1.807) is 31.2 Å². The average molecular weight is 488 g/mol. The highest BCUT2D eigenvalue weighted by atomic mass is 19.4. The second-order valence-corrected chi connectivity index (χ2v) is 8.06. The van der Waals surface area contributed by atoms with Crippen LogP contribution in [0.15, 0.2) is 48.5 Å². The van der Waals surface area contributed by atoms with Crippen LogP contribution < -0.4 is 19.7 Å². The van der Waals surface area contributed by atoms with E-state index in [0.717, 1.165) is 12.1 Å². The number of carbonyl (C=O) groups is 2. The van der Waals surface area contributed by atoms with Gasteiger partial charge >= 0.3 is 6.18 Å². The molecule has 2 amide bonds. The highest BCUT2D eigenvalue weighted by Crippen LogP contribution is 2.35. The standard InChI is InChI=1S/C24H23F3N4O4/c1-14-9-21(31(29-14)18-6-4-5-16(11-18)24(25,26)27)28-23(33)15-10-22(32)30(13-15)17-7-8-19(34-2)20(12-17)35-3/h4-9,11-12,15H,10,13H2,1-3H3,(H,28,33). The zero-order valence-corrected chi connectivity index (χ0v) is 19.2. The van der Waals surface area contributed by atoms with Gasteiger partial charge in [-0.05, 0) is 37.3 Å². The van der Waals surface area contributed by atoms with Crippen LogP contribution in [-0.2, 0) is 15.8 Å². The Morgan fingerprint density at radius 2 is 1.80 bits per heavy atom. The number of rotatable bonds is 6. The van der Waals surface area contributed by atoms with Crippen LogP contribution >= 0.6 is 0 Å². The third-order valence-corrected chi connectivity index (χ3v) is 5.68. The normalized spacial score (nSPS) is 15.9. The number of nitrogens with zero attached hydrogens (tertiary/aromatic N) is 3. The van der Waals surface area contributed by atoms with E-state index in [0.29, 0.717) is 22.9 Å². The summed E-state index contributed by atoms with van der Waals surface area (Å²) in [4.78, 5) is 27.2. The Bertz CT molecular complexity index is 1270. The number of benzene rings is 2. The molecule has 0 radical (unpaired) electrons. The molecule has 0 saturated carbocycles. The third kappa shape index (κ3) is 4.93. The molecule has 1 aliphatic rings. The van der Waals surface area contributed by atoms with E-state index < -0.39 is 23.6 Å². The Balaban J connectivity index is 1.53. The number of methoxy groups -OCH3 is 2. The molecule has 0 aliphatic carbocycles. The quantitative estimate of drug-likeness (QED) is 0.562. The molecule has 11 heteroatoms. The van der Waals surface area contributed by atoms with Gasteiger partial charge in [-0.1, -0.05) is 6.07 Å². The molecule has 0 spiro atoms. The van der Waals surface area contributed by atoms with Crippen LogP contribution in [0.25, 0.3) is 5.69 Å². The maximum absolute atomic E-state index is 13.2. The van der Waals surface area contributed by atoms with Crippen LogP contribution in [0.1, 0.15) is 17.7 Å². The second-order valence-electron chi connectivity index (χ2n) is 8.06. The minimum atomic E-state index is -4.51. The molecule has 1 unspecified atom stereocenters. The first-order chi connectivity index (χ1) is 16.6. The van der Waals surface area contributed by atoms with Crippen molar-refractivity contribution in [3.8, 4) is 17.2 Å². The summed E-state index contributed by atoms with van der Waals surface area (Å²) in [6.07, 6.45) is -4.53. The Morgan fingerprint density at radius 3 is 2.49 bits per heavy atom. The summed E-state index contributed by atoms with van der Waals surface area (Å²) in [5, 5.41) is 6.95. The average Bonchev–Trinajstić information content (AvgIpc) is 3.40. The largest absolute Gasteiger partial charge is 0.493 e. The Labute approximate surface area is 199 Å². The van der Waals surface area contributed by atoms with E-state index in [2.05, 4.69) is 10.4 Å². The first kappa shape index (κ1) is 24.1. The number of carbonyl (C=O) groups excluding carboxylic acids is 2. The summed E-state index contributed by atoms with van der Waals surface area (Å²) in [6, 6.07) is 11.2. The smallest absolute Gasteiger partial charge is 0.416 e. The van der Waals surface area contributed by atoms with Crippen molar-refractivity contribution >= 4 is 23.3 Å². The van der Waals surface area contributed by atoms with Crippen molar-refractivity contribution in [2.24, 2.45) is 5.92 Å². The minimum Gasteiger partial charge on any atom is -0.493 e. The van der Waals surface area contributed by atoms with E-state index in [1.165, 1.54) is 35.9 Å². The van der Waals surface area contributed by atoms with Gasteiger partial charge in [0.15, 0.2) is 11.5 Å². The highest BCUT2D eigenvalue weighted by Gasteiger charge is 2.36. The number of halogens is 3. The van der Waals surface area contributed by atoms with E-state index in [1.807, 2.05) is 0 Å². The topological polar surface area (TPSA) is 85.7 Å². The molecule has 3 aromatic rings. The summed E-state index contributed by atoms with van der Waals surface area (Å²) < 4.78 is 51.2. The maximum atomic E-state index is 13.2. The minimum absolute atomic E-state index is 0.0170. The molecule has 184 valence electrons. The lowest BCUT2D eigenvalue weighted by Gasteiger charge is -2.18. The van der Waals surface area contributed by atoms with Crippen molar-refractivity contribution in [2.75, 3.05) is 31.0 Å². The van der Waals surface area contributed by atoms with Crippen LogP contribution in [0, 0.1) is 12.8 Å². The van der Waals surface area contributed by atoms with Crippen molar-refractivity contribution in [1.82, 2.24) is 9.78 Å². The van der Waals surface area contributed by atoms with Crippen molar-refractivity contribution < 1.29 is 32.2 Å². The molecule has 1 N–H and O–H groups in total. The molecule has 8 nitrogen and oxygen atoms in total. The lowest BCUT2D eigenvalue weighted by molar-refractivity contribution is -0.137. The number of aromatic nitrogens is 2. The number of ether oxygens (including phenoxy) is 2. The fraction of sp³-hybridized carbons (Fsp3) is 0.292. The molecular formula is C24H23F3N4O4. The van der Waals surface area contributed by atoms with Crippen molar-refractivity contribution in [3.63, 3.8) is 0 Å². The zero-order valence-electron chi connectivity index (χ0n) is 19.2. The first-order valence-corrected chi connectivity index (χ1v) is 10.7. The molecule has 2 heterocycles. The summed E-state index contributed by atoms with van der Waals surface area (Å²) >= 11 is 0. The number of nitrogens with one attached hydrogen (secondary N) is 1. The van der Waals surface area contributed by atoms with E-state index >= 15 is 0 Å². The Hall–Kier alpha value is -4.02.